The molecule has 0 saturated heterocycles. The minimum atomic E-state index is -4.91. The SMILES string of the molecule is COc1sccc1[B-](F)(F)F.[K+]. The van der Waals surface area contributed by atoms with Crippen molar-refractivity contribution in [1.82, 2.24) is 0 Å². The molecule has 0 bridgehead atoms. The third-order valence-electron chi connectivity index (χ3n) is 1.20. The van der Waals surface area contributed by atoms with E-state index in [1.807, 2.05) is 0 Å². The Hall–Kier alpha value is 0.991. The first-order chi connectivity index (χ1) is 5.05. The van der Waals surface area contributed by atoms with E-state index in [9.17, 15) is 12.9 Å². The van der Waals surface area contributed by atoms with Crippen molar-refractivity contribution in [3.05, 3.63) is 11.4 Å². The standard InChI is InChI=1S/C5H5BF3OS.K/c1-10-5-4(2-3-11-5)6(7,8)9;/h2-3H,1H3;/q-1;+1. The zero-order valence-electron chi connectivity index (χ0n) is 6.68. The van der Waals surface area contributed by atoms with E-state index >= 15 is 0 Å². The summed E-state index contributed by atoms with van der Waals surface area (Å²) in [4.78, 5) is 0. The Bertz CT molecular complexity index is 249. The number of hydrogen-bond acceptors (Lipinski definition) is 2. The molecular weight excluding hydrogens is 215 g/mol. The van der Waals surface area contributed by atoms with Gasteiger partial charge in [-0.3, -0.25) is 0 Å². The minimum Gasteiger partial charge on any atom is -0.490 e. The van der Waals surface area contributed by atoms with E-state index in [0.717, 1.165) is 17.4 Å². The van der Waals surface area contributed by atoms with Crippen LogP contribution in [-0.4, -0.2) is 14.1 Å². The number of ether oxygens (including phenoxy) is 1. The molecule has 0 saturated carbocycles. The van der Waals surface area contributed by atoms with Gasteiger partial charge in [-0.05, 0) is 5.38 Å². The van der Waals surface area contributed by atoms with E-state index in [4.69, 9.17) is 0 Å². The molecule has 0 radical (unpaired) electrons. The van der Waals surface area contributed by atoms with Crippen molar-refractivity contribution in [2.75, 3.05) is 7.11 Å². The number of hydrogen-bond donors (Lipinski definition) is 0. The van der Waals surface area contributed by atoms with E-state index in [0.29, 0.717) is 0 Å². The fourth-order valence-corrected chi connectivity index (χ4v) is 1.49. The molecule has 12 heavy (non-hydrogen) atoms. The van der Waals surface area contributed by atoms with Gasteiger partial charge in [0.1, 0.15) is 5.06 Å². The maximum Gasteiger partial charge on any atom is 1.00 e. The first-order valence-electron chi connectivity index (χ1n) is 2.87. The van der Waals surface area contributed by atoms with Crippen molar-refractivity contribution in [1.29, 1.82) is 0 Å². The van der Waals surface area contributed by atoms with Gasteiger partial charge in [-0.2, -0.15) is 0 Å². The Morgan fingerprint density at radius 2 is 2.00 bits per heavy atom. The van der Waals surface area contributed by atoms with Crippen LogP contribution in [0.1, 0.15) is 0 Å². The van der Waals surface area contributed by atoms with Crippen molar-refractivity contribution >= 4 is 23.8 Å². The van der Waals surface area contributed by atoms with Gasteiger partial charge in [-0.25, -0.2) is 0 Å². The molecule has 0 fully saturated rings. The number of methoxy groups -OCH3 is 1. The molecule has 1 heterocycles. The predicted octanol–water partition coefficient (Wildman–Crippen LogP) is -1.18. The number of rotatable bonds is 2. The summed E-state index contributed by atoms with van der Waals surface area (Å²) in [5, 5.41) is 1.31. The second-order valence-electron chi connectivity index (χ2n) is 1.94. The van der Waals surface area contributed by atoms with Gasteiger partial charge in [0.05, 0.1) is 7.11 Å². The fraction of sp³-hybridized carbons (Fsp3) is 0.200. The van der Waals surface area contributed by atoms with Gasteiger partial charge in [-0.15, -0.1) is 11.3 Å². The monoisotopic (exact) mass is 220 g/mol. The maximum absolute atomic E-state index is 12.1. The van der Waals surface area contributed by atoms with Crippen molar-refractivity contribution in [2.45, 2.75) is 0 Å². The topological polar surface area (TPSA) is 9.23 Å². The molecule has 0 spiro atoms. The van der Waals surface area contributed by atoms with Gasteiger partial charge < -0.3 is 17.7 Å². The Labute approximate surface area is 115 Å². The largest absolute Gasteiger partial charge is 1.00 e. The second-order valence-corrected chi connectivity index (χ2v) is 2.82. The molecule has 0 aromatic carbocycles. The van der Waals surface area contributed by atoms with Crippen molar-refractivity contribution in [3.8, 4) is 5.06 Å². The molecule has 1 aromatic rings. The smallest absolute Gasteiger partial charge is 0.490 e. The summed E-state index contributed by atoms with van der Waals surface area (Å²) in [6.07, 6.45) is 0. The zero-order valence-corrected chi connectivity index (χ0v) is 10.6. The average molecular weight is 220 g/mol. The summed E-state index contributed by atoms with van der Waals surface area (Å²) < 4.78 is 40.7. The minimum absolute atomic E-state index is 0. The van der Waals surface area contributed by atoms with Crippen molar-refractivity contribution < 1.29 is 69.1 Å². The van der Waals surface area contributed by atoms with Gasteiger partial charge >= 0.3 is 58.4 Å². The van der Waals surface area contributed by atoms with Crippen molar-refractivity contribution in [3.63, 3.8) is 0 Å². The van der Waals surface area contributed by atoms with E-state index in [2.05, 4.69) is 4.74 Å². The van der Waals surface area contributed by atoms with Crippen LogP contribution in [0, 0.1) is 0 Å². The third-order valence-corrected chi connectivity index (χ3v) is 2.09. The molecule has 1 aromatic heterocycles. The van der Waals surface area contributed by atoms with E-state index in [1.54, 1.807) is 0 Å². The molecule has 1 rings (SSSR count). The summed E-state index contributed by atoms with van der Waals surface area (Å²) in [5.41, 5.74) is -0.641. The van der Waals surface area contributed by atoms with Gasteiger partial charge in [0.2, 0.25) is 0 Å². The first kappa shape index (κ1) is 13.0. The van der Waals surface area contributed by atoms with Gasteiger partial charge in [-0.1, -0.05) is 11.5 Å². The molecule has 62 valence electrons. The Kier molecular flexibility index (Phi) is 5.43. The van der Waals surface area contributed by atoms with E-state index in [1.165, 1.54) is 12.5 Å². The molecule has 0 aliphatic heterocycles. The molecule has 0 N–H and O–H groups in total. The number of halogens is 3. The summed E-state index contributed by atoms with van der Waals surface area (Å²) >= 11 is 0.950. The normalized spacial score (nSPS) is 10.7. The van der Waals surface area contributed by atoms with Crippen LogP contribution in [0.2, 0.25) is 0 Å². The molecule has 0 aliphatic carbocycles. The molecule has 1 nitrogen and oxygen atoms in total. The first-order valence-corrected chi connectivity index (χ1v) is 3.75. The summed E-state index contributed by atoms with van der Waals surface area (Å²) in [6, 6.07) is 1.03. The maximum atomic E-state index is 12.1. The van der Waals surface area contributed by atoms with E-state index in [-0.39, 0.29) is 56.4 Å². The fourth-order valence-electron chi connectivity index (χ4n) is 0.714. The van der Waals surface area contributed by atoms with Crippen LogP contribution in [0.15, 0.2) is 11.4 Å². The molecule has 0 unspecified atom stereocenters. The van der Waals surface area contributed by atoms with Gasteiger partial charge in [0.25, 0.3) is 0 Å². The van der Waals surface area contributed by atoms with Crippen LogP contribution in [0.5, 0.6) is 5.06 Å². The summed E-state index contributed by atoms with van der Waals surface area (Å²) in [7, 11) is 1.23. The van der Waals surface area contributed by atoms with Crippen LogP contribution >= 0.6 is 11.3 Å². The van der Waals surface area contributed by atoms with Crippen LogP contribution < -0.4 is 61.6 Å². The molecule has 0 aliphatic rings. The Balaban J connectivity index is 0.00000121. The molecule has 0 amide bonds. The Morgan fingerprint density at radius 3 is 2.33 bits per heavy atom. The summed E-state index contributed by atoms with van der Waals surface area (Å²) in [5.74, 6) is 0. The zero-order chi connectivity index (χ0) is 8.48. The average Bonchev–Trinajstić information content (AvgIpc) is 2.31. The molecular formula is C5H5BF3KOS. The van der Waals surface area contributed by atoms with Crippen LogP contribution in [0.25, 0.3) is 0 Å². The number of thiophene rings is 1. The third kappa shape index (κ3) is 3.04. The van der Waals surface area contributed by atoms with Crippen molar-refractivity contribution in [2.24, 2.45) is 0 Å². The van der Waals surface area contributed by atoms with Crippen LogP contribution in [0.3, 0.4) is 0 Å². The quantitative estimate of drug-likeness (QED) is 0.570. The van der Waals surface area contributed by atoms with Crippen LogP contribution in [0.4, 0.5) is 12.9 Å². The summed E-state index contributed by atoms with van der Waals surface area (Å²) in [6.45, 7) is -4.91. The van der Waals surface area contributed by atoms with Gasteiger partial charge in [0.15, 0.2) is 0 Å². The second kappa shape index (κ2) is 5.02. The van der Waals surface area contributed by atoms with E-state index < -0.39 is 12.4 Å². The van der Waals surface area contributed by atoms with Gasteiger partial charge in [0, 0.05) is 0 Å². The predicted molar refractivity (Wildman–Crippen MR) is 39.6 cm³/mol. The van der Waals surface area contributed by atoms with Crippen LogP contribution in [-0.2, 0) is 0 Å². The molecule has 7 heteroatoms. The Morgan fingerprint density at radius 1 is 1.42 bits per heavy atom. The molecule has 0 atom stereocenters.